The van der Waals surface area contributed by atoms with Gasteiger partial charge in [-0.05, 0) is 37.5 Å². The summed E-state index contributed by atoms with van der Waals surface area (Å²) in [5.74, 6) is 0.932. The van der Waals surface area contributed by atoms with Gasteiger partial charge >= 0.3 is 0 Å². The molecule has 0 aromatic heterocycles. The third-order valence-electron chi connectivity index (χ3n) is 5.77. The molecule has 2 atom stereocenters. The molecule has 1 aromatic carbocycles. The van der Waals surface area contributed by atoms with Crippen molar-refractivity contribution in [2.75, 3.05) is 27.7 Å². The molecule has 1 saturated carbocycles. The molecule has 2 fully saturated rings. The van der Waals surface area contributed by atoms with Crippen molar-refractivity contribution in [1.29, 1.82) is 0 Å². The van der Waals surface area contributed by atoms with Crippen molar-refractivity contribution in [1.82, 2.24) is 9.80 Å². The second-order valence-corrected chi connectivity index (χ2v) is 7.17. The van der Waals surface area contributed by atoms with Gasteiger partial charge in [-0.2, -0.15) is 0 Å². The summed E-state index contributed by atoms with van der Waals surface area (Å²) < 4.78 is 5.21. The first kappa shape index (κ1) is 16.8. The van der Waals surface area contributed by atoms with Crippen LogP contribution in [-0.2, 0) is 4.79 Å². The first-order chi connectivity index (χ1) is 11.5. The first-order valence-corrected chi connectivity index (χ1v) is 8.62. The molecule has 2 aliphatic rings. The van der Waals surface area contributed by atoms with Gasteiger partial charge in [0.2, 0.25) is 5.91 Å². The van der Waals surface area contributed by atoms with Crippen molar-refractivity contribution in [3.63, 3.8) is 0 Å². The second-order valence-electron chi connectivity index (χ2n) is 7.17. The van der Waals surface area contributed by atoms with Gasteiger partial charge in [-0.3, -0.25) is 9.59 Å². The average Bonchev–Trinajstić information content (AvgIpc) is 3.02. The number of piperidine rings is 1. The van der Waals surface area contributed by atoms with Crippen molar-refractivity contribution in [2.45, 2.75) is 38.1 Å². The van der Waals surface area contributed by atoms with Gasteiger partial charge < -0.3 is 14.5 Å². The van der Waals surface area contributed by atoms with Gasteiger partial charge in [0.25, 0.3) is 5.91 Å². The van der Waals surface area contributed by atoms with Gasteiger partial charge in [-0.1, -0.05) is 12.5 Å². The molecule has 1 heterocycles. The fraction of sp³-hybridized carbons (Fsp3) is 0.579. The third-order valence-corrected chi connectivity index (χ3v) is 5.77. The number of benzene rings is 1. The van der Waals surface area contributed by atoms with Gasteiger partial charge in [0.1, 0.15) is 5.75 Å². The Labute approximate surface area is 143 Å². The number of nitrogens with zero attached hydrogens (tertiary/aromatic N) is 2. The number of carbonyl (C=O) groups excluding carboxylic acids is 2. The van der Waals surface area contributed by atoms with Gasteiger partial charge in [-0.15, -0.1) is 0 Å². The summed E-state index contributed by atoms with van der Waals surface area (Å²) in [5, 5.41) is 0. The van der Waals surface area contributed by atoms with Crippen LogP contribution in [0.25, 0.3) is 0 Å². The van der Waals surface area contributed by atoms with E-state index in [1.807, 2.05) is 42.1 Å². The Morgan fingerprint density at radius 1 is 1.42 bits per heavy atom. The van der Waals surface area contributed by atoms with Crippen molar-refractivity contribution in [3.8, 4) is 5.75 Å². The Morgan fingerprint density at radius 2 is 2.21 bits per heavy atom. The van der Waals surface area contributed by atoms with Crippen LogP contribution in [0, 0.1) is 5.41 Å². The number of carbonyl (C=O) groups is 2. The monoisotopic (exact) mass is 330 g/mol. The summed E-state index contributed by atoms with van der Waals surface area (Å²) in [7, 11) is 5.38. The lowest BCUT2D eigenvalue weighted by Gasteiger charge is -2.46. The minimum absolute atomic E-state index is 0.00785. The van der Waals surface area contributed by atoms with Crippen LogP contribution in [-0.4, -0.2) is 55.4 Å². The standard InChI is InChI=1S/C19H26N2O3/c1-20(18(23)14-6-4-7-15(12-14)24-3)13-19-10-5-8-16(19)21(2)17(22)9-11-19/h4,6-7,12,16H,5,8-11,13H2,1-3H3/t16-,19+/m1/s1. The average molecular weight is 330 g/mol. The Balaban J connectivity index is 1.77. The largest absolute Gasteiger partial charge is 0.497 e. The molecule has 5 heteroatoms. The van der Waals surface area contributed by atoms with E-state index < -0.39 is 0 Å². The van der Waals surface area contributed by atoms with E-state index in [9.17, 15) is 9.59 Å². The molecule has 3 rings (SSSR count). The highest BCUT2D eigenvalue weighted by atomic mass is 16.5. The highest BCUT2D eigenvalue weighted by Crippen LogP contribution is 2.48. The highest BCUT2D eigenvalue weighted by molar-refractivity contribution is 5.94. The van der Waals surface area contributed by atoms with Crippen LogP contribution in [0.3, 0.4) is 0 Å². The summed E-state index contributed by atoms with van der Waals surface area (Å²) in [6, 6.07) is 7.54. The minimum atomic E-state index is 0.00785. The van der Waals surface area contributed by atoms with Crippen LogP contribution in [0.15, 0.2) is 24.3 Å². The number of hydrogen-bond acceptors (Lipinski definition) is 3. The molecule has 130 valence electrons. The number of likely N-dealkylation sites (tertiary alicyclic amines) is 1. The lowest BCUT2D eigenvalue weighted by atomic mass is 9.74. The van der Waals surface area contributed by atoms with Crippen molar-refractivity contribution in [3.05, 3.63) is 29.8 Å². The van der Waals surface area contributed by atoms with E-state index in [1.165, 1.54) is 0 Å². The van der Waals surface area contributed by atoms with E-state index in [1.54, 1.807) is 13.2 Å². The lowest BCUT2D eigenvalue weighted by Crippen LogP contribution is -2.54. The van der Waals surface area contributed by atoms with Crippen molar-refractivity contribution >= 4 is 11.8 Å². The molecule has 24 heavy (non-hydrogen) atoms. The number of hydrogen-bond donors (Lipinski definition) is 0. The molecule has 0 spiro atoms. The molecule has 0 unspecified atom stereocenters. The van der Waals surface area contributed by atoms with E-state index in [0.29, 0.717) is 24.3 Å². The summed E-state index contributed by atoms with van der Waals surface area (Å²) in [6.45, 7) is 0.700. The molecule has 1 aliphatic heterocycles. The molecular weight excluding hydrogens is 304 g/mol. The maximum atomic E-state index is 12.8. The maximum absolute atomic E-state index is 12.8. The molecule has 1 saturated heterocycles. The smallest absolute Gasteiger partial charge is 0.253 e. The predicted molar refractivity (Wildman–Crippen MR) is 92.0 cm³/mol. The molecule has 1 aromatic rings. The van der Waals surface area contributed by atoms with E-state index in [4.69, 9.17) is 4.74 Å². The number of amides is 2. The molecule has 0 bridgehead atoms. The zero-order valence-electron chi connectivity index (χ0n) is 14.7. The van der Waals surface area contributed by atoms with Gasteiger partial charge in [0.05, 0.1) is 7.11 Å². The van der Waals surface area contributed by atoms with Crippen LogP contribution in [0.5, 0.6) is 5.75 Å². The Hall–Kier alpha value is -2.04. The number of ether oxygens (including phenoxy) is 1. The Bertz CT molecular complexity index is 645. The predicted octanol–water partition coefficient (Wildman–Crippen LogP) is 2.56. The van der Waals surface area contributed by atoms with Crippen LogP contribution in [0.2, 0.25) is 0 Å². The van der Waals surface area contributed by atoms with Gasteiger partial charge in [0, 0.05) is 44.1 Å². The number of methoxy groups -OCH3 is 1. The van der Waals surface area contributed by atoms with Crippen molar-refractivity contribution < 1.29 is 14.3 Å². The highest BCUT2D eigenvalue weighted by Gasteiger charge is 2.49. The van der Waals surface area contributed by atoms with Crippen molar-refractivity contribution in [2.24, 2.45) is 5.41 Å². The van der Waals surface area contributed by atoms with E-state index in [2.05, 4.69) is 0 Å². The lowest BCUT2D eigenvalue weighted by molar-refractivity contribution is -0.140. The summed E-state index contributed by atoms with van der Waals surface area (Å²) >= 11 is 0. The Kier molecular flexibility index (Phi) is 4.52. The fourth-order valence-electron chi connectivity index (χ4n) is 4.51. The zero-order valence-corrected chi connectivity index (χ0v) is 14.7. The normalized spacial score (nSPS) is 26.2. The topological polar surface area (TPSA) is 49.9 Å². The molecule has 2 amide bonds. The van der Waals surface area contributed by atoms with Gasteiger partial charge in [0.15, 0.2) is 0 Å². The minimum Gasteiger partial charge on any atom is -0.497 e. The molecular formula is C19H26N2O3. The Morgan fingerprint density at radius 3 is 2.96 bits per heavy atom. The van der Waals surface area contributed by atoms with Crippen LogP contribution >= 0.6 is 0 Å². The zero-order chi connectivity index (χ0) is 17.3. The van der Waals surface area contributed by atoms with Gasteiger partial charge in [-0.25, -0.2) is 0 Å². The van der Waals surface area contributed by atoms with Crippen LogP contribution in [0.4, 0.5) is 0 Å². The van der Waals surface area contributed by atoms with Crippen LogP contribution in [0.1, 0.15) is 42.5 Å². The van der Waals surface area contributed by atoms with Crippen LogP contribution < -0.4 is 4.74 Å². The number of fused-ring (bicyclic) bond motifs is 1. The molecule has 0 radical (unpaired) electrons. The van der Waals surface area contributed by atoms with E-state index in [-0.39, 0.29) is 23.3 Å². The fourth-order valence-corrected chi connectivity index (χ4v) is 4.51. The summed E-state index contributed by atoms with van der Waals surface area (Å²) in [6.07, 6.45) is 4.74. The molecule has 5 nitrogen and oxygen atoms in total. The second kappa shape index (κ2) is 6.46. The molecule has 0 N–H and O–H groups in total. The first-order valence-electron chi connectivity index (χ1n) is 8.62. The quantitative estimate of drug-likeness (QED) is 0.852. The molecule has 1 aliphatic carbocycles. The summed E-state index contributed by atoms with van der Waals surface area (Å²) in [5.41, 5.74) is 0.689. The SMILES string of the molecule is COc1cccc(C(=O)N(C)C[C@@]23CCC[C@H]2N(C)C(=O)CC3)c1. The van der Waals surface area contributed by atoms with E-state index in [0.717, 1.165) is 25.7 Å². The third kappa shape index (κ3) is 2.87. The van der Waals surface area contributed by atoms with E-state index >= 15 is 0 Å². The summed E-state index contributed by atoms with van der Waals surface area (Å²) in [4.78, 5) is 28.6. The number of rotatable bonds is 4. The maximum Gasteiger partial charge on any atom is 0.253 e.